The van der Waals surface area contributed by atoms with Crippen LogP contribution in [0.3, 0.4) is 0 Å². The van der Waals surface area contributed by atoms with Crippen LogP contribution < -0.4 is 10.4 Å². The molecule has 0 aliphatic rings. The first kappa shape index (κ1) is 11.4. The van der Waals surface area contributed by atoms with Gasteiger partial charge in [-0.25, -0.2) is 18.4 Å². The van der Waals surface area contributed by atoms with Gasteiger partial charge in [-0.2, -0.15) is 0 Å². The van der Waals surface area contributed by atoms with Crippen molar-refractivity contribution in [2.24, 2.45) is 7.05 Å². The van der Waals surface area contributed by atoms with Crippen molar-refractivity contribution < 1.29 is 9.13 Å². The van der Waals surface area contributed by atoms with E-state index in [0.717, 1.165) is 10.2 Å². The summed E-state index contributed by atoms with van der Waals surface area (Å²) in [4.78, 5) is 11.9. The lowest BCUT2D eigenvalue weighted by Gasteiger charge is -2.07. The number of benzene rings is 1. The second-order valence-corrected chi connectivity index (χ2v) is 3.66. The van der Waals surface area contributed by atoms with E-state index in [0.29, 0.717) is 5.69 Å². The van der Waals surface area contributed by atoms with Crippen LogP contribution in [-0.4, -0.2) is 21.5 Å². The van der Waals surface area contributed by atoms with Crippen molar-refractivity contribution in [2.75, 3.05) is 7.11 Å². The number of nitrogens with zero attached hydrogens (tertiary/aromatic N) is 3. The minimum Gasteiger partial charge on any atom is -0.467 e. The smallest absolute Gasteiger partial charge is 0.353 e. The van der Waals surface area contributed by atoms with Gasteiger partial charge in [0.1, 0.15) is 5.82 Å². The number of halogens is 1. The van der Waals surface area contributed by atoms with Gasteiger partial charge in [-0.3, -0.25) is 0 Å². The number of ether oxygens (including phenoxy) is 1. The lowest BCUT2D eigenvalue weighted by atomic mass is 10.2. The Labute approximate surface area is 97.1 Å². The monoisotopic (exact) mass is 237 g/mol. The predicted molar refractivity (Wildman–Crippen MR) is 60.1 cm³/mol. The summed E-state index contributed by atoms with van der Waals surface area (Å²) in [5.41, 5.74) is 0.815. The third kappa shape index (κ3) is 1.82. The molecule has 0 saturated carbocycles. The van der Waals surface area contributed by atoms with Crippen LogP contribution in [-0.2, 0) is 7.05 Å². The first-order valence-electron chi connectivity index (χ1n) is 5.01. The lowest BCUT2D eigenvalue weighted by Crippen LogP contribution is -2.22. The summed E-state index contributed by atoms with van der Waals surface area (Å²) in [6.07, 6.45) is 0. The van der Waals surface area contributed by atoms with E-state index in [9.17, 15) is 9.18 Å². The van der Waals surface area contributed by atoms with Crippen LogP contribution in [0.4, 0.5) is 4.39 Å². The Kier molecular flexibility index (Phi) is 2.71. The SMILES string of the molecule is COc1nn(C)c(=O)n1-c1cc(F)ccc1C. The van der Waals surface area contributed by atoms with Crippen molar-refractivity contribution in [1.82, 2.24) is 14.3 Å². The Morgan fingerprint density at radius 3 is 2.76 bits per heavy atom. The Hall–Kier alpha value is -2.11. The van der Waals surface area contributed by atoms with Crippen LogP contribution in [0.2, 0.25) is 0 Å². The molecule has 6 heteroatoms. The van der Waals surface area contributed by atoms with Crippen LogP contribution in [0.1, 0.15) is 5.56 Å². The van der Waals surface area contributed by atoms with Crippen molar-refractivity contribution in [3.05, 3.63) is 40.1 Å². The highest BCUT2D eigenvalue weighted by Crippen LogP contribution is 2.18. The van der Waals surface area contributed by atoms with Crippen LogP contribution in [0, 0.1) is 12.7 Å². The maximum atomic E-state index is 13.2. The van der Waals surface area contributed by atoms with E-state index >= 15 is 0 Å². The molecule has 0 saturated heterocycles. The Balaban J connectivity index is 2.76. The van der Waals surface area contributed by atoms with E-state index < -0.39 is 5.82 Å². The van der Waals surface area contributed by atoms with Crippen molar-refractivity contribution in [3.8, 4) is 11.7 Å². The summed E-state index contributed by atoms with van der Waals surface area (Å²) < 4.78 is 20.6. The van der Waals surface area contributed by atoms with Gasteiger partial charge in [-0.15, -0.1) is 5.10 Å². The van der Waals surface area contributed by atoms with Crippen molar-refractivity contribution in [2.45, 2.75) is 6.92 Å². The third-order valence-electron chi connectivity index (χ3n) is 2.49. The second-order valence-electron chi connectivity index (χ2n) is 3.66. The highest BCUT2D eigenvalue weighted by atomic mass is 19.1. The summed E-state index contributed by atoms with van der Waals surface area (Å²) >= 11 is 0. The molecule has 0 N–H and O–H groups in total. The maximum absolute atomic E-state index is 13.2. The Morgan fingerprint density at radius 2 is 2.12 bits per heavy atom. The zero-order valence-corrected chi connectivity index (χ0v) is 9.77. The van der Waals surface area contributed by atoms with Gasteiger partial charge in [0, 0.05) is 7.05 Å². The third-order valence-corrected chi connectivity index (χ3v) is 2.49. The standard InChI is InChI=1S/C11H12FN3O2/c1-7-4-5-8(12)6-9(7)15-10(17-3)13-14(2)11(15)16/h4-6H,1-3H3. The molecule has 0 aliphatic carbocycles. The number of hydrogen-bond acceptors (Lipinski definition) is 3. The van der Waals surface area contributed by atoms with Crippen LogP contribution >= 0.6 is 0 Å². The summed E-state index contributed by atoms with van der Waals surface area (Å²) in [5, 5.41) is 3.90. The minimum absolute atomic E-state index is 0.131. The van der Waals surface area contributed by atoms with E-state index in [1.807, 2.05) is 0 Å². The zero-order valence-electron chi connectivity index (χ0n) is 9.77. The van der Waals surface area contributed by atoms with Gasteiger partial charge in [0.2, 0.25) is 0 Å². The molecule has 0 atom stereocenters. The molecule has 0 aliphatic heterocycles. The number of aryl methyl sites for hydroxylation is 2. The number of hydrogen-bond donors (Lipinski definition) is 0. The van der Waals surface area contributed by atoms with E-state index in [4.69, 9.17) is 4.74 Å². The van der Waals surface area contributed by atoms with Crippen molar-refractivity contribution in [3.63, 3.8) is 0 Å². The van der Waals surface area contributed by atoms with Gasteiger partial charge in [-0.1, -0.05) is 6.07 Å². The quantitative estimate of drug-likeness (QED) is 0.783. The Morgan fingerprint density at radius 1 is 1.41 bits per heavy atom. The minimum atomic E-state index is -0.414. The van der Waals surface area contributed by atoms with Crippen LogP contribution in [0.5, 0.6) is 6.01 Å². The number of rotatable bonds is 2. The number of aromatic nitrogens is 3. The molecule has 0 spiro atoms. The predicted octanol–water partition coefficient (Wildman–Crippen LogP) is 1.03. The first-order chi connectivity index (χ1) is 8.04. The molecule has 2 aromatic rings. The normalized spacial score (nSPS) is 10.6. The molecule has 5 nitrogen and oxygen atoms in total. The molecule has 0 radical (unpaired) electrons. The fraction of sp³-hybridized carbons (Fsp3) is 0.273. The largest absolute Gasteiger partial charge is 0.467 e. The fourth-order valence-corrected chi connectivity index (χ4v) is 1.60. The van der Waals surface area contributed by atoms with Gasteiger partial charge < -0.3 is 4.74 Å². The number of methoxy groups -OCH3 is 1. The molecule has 1 aromatic heterocycles. The zero-order chi connectivity index (χ0) is 12.6. The lowest BCUT2D eigenvalue weighted by molar-refractivity contribution is 0.368. The molecule has 1 heterocycles. The van der Waals surface area contributed by atoms with E-state index in [-0.39, 0.29) is 11.7 Å². The van der Waals surface area contributed by atoms with Crippen LogP contribution in [0.25, 0.3) is 5.69 Å². The molecular formula is C11H12FN3O2. The van der Waals surface area contributed by atoms with Gasteiger partial charge >= 0.3 is 11.7 Å². The average molecular weight is 237 g/mol. The molecule has 2 rings (SSSR count). The van der Waals surface area contributed by atoms with Gasteiger partial charge in [0.05, 0.1) is 12.8 Å². The van der Waals surface area contributed by atoms with E-state index in [1.165, 1.54) is 30.9 Å². The van der Waals surface area contributed by atoms with Crippen molar-refractivity contribution in [1.29, 1.82) is 0 Å². The summed E-state index contributed by atoms with van der Waals surface area (Å²) in [7, 11) is 2.92. The highest BCUT2D eigenvalue weighted by molar-refractivity contribution is 5.42. The molecule has 90 valence electrons. The van der Waals surface area contributed by atoms with E-state index in [2.05, 4.69) is 5.10 Å². The topological polar surface area (TPSA) is 49.1 Å². The molecule has 17 heavy (non-hydrogen) atoms. The van der Waals surface area contributed by atoms with E-state index in [1.54, 1.807) is 13.0 Å². The molecular weight excluding hydrogens is 225 g/mol. The van der Waals surface area contributed by atoms with Gasteiger partial charge in [-0.05, 0) is 24.6 Å². The summed E-state index contributed by atoms with van der Waals surface area (Å²) in [6, 6.07) is 4.35. The Bertz CT molecular complexity index is 616. The fourth-order valence-electron chi connectivity index (χ4n) is 1.60. The first-order valence-corrected chi connectivity index (χ1v) is 5.01. The molecule has 1 aromatic carbocycles. The average Bonchev–Trinajstić information content (AvgIpc) is 2.59. The van der Waals surface area contributed by atoms with Gasteiger partial charge in [0.15, 0.2) is 0 Å². The molecule has 0 bridgehead atoms. The summed E-state index contributed by atoms with van der Waals surface area (Å²) in [5.74, 6) is -0.414. The van der Waals surface area contributed by atoms with Crippen molar-refractivity contribution >= 4 is 0 Å². The second kappa shape index (κ2) is 4.04. The molecule has 0 fully saturated rings. The van der Waals surface area contributed by atoms with Crippen LogP contribution in [0.15, 0.2) is 23.0 Å². The van der Waals surface area contributed by atoms with Gasteiger partial charge in [0.25, 0.3) is 0 Å². The highest BCUT2D eigenvalue weighted by Gasteiger charge is 2.15. The maximum Gasteiger partial charge on any atom is 0.353 e. The summed E-state index contributed by atoms with van der Waals surface area (Å²) in [6.45, 7) is 1.79. The molecule has 0 amide bonds. The molecule has 0 unspecified atom stereocenters.